The maximum Gasteiger partial charge on any atom is 0.130 e. The van der Waals surface area contributed by atoms with E-state index in [1.807, 2.05) is 6.92 Å². The third kappa shape index (κ3) is 3.46. The minimum atomic E-state index is -0.773. The molecule has 2 unspecified atom stereocenters. The molecule has 0 aromatic rings. The van der Waals surface area contributed by atoms with Crippen molar-refractivity contribution in [1.29, 1.82) is 0 Å². The Hall–Kier alpha value is -0.120. The zero-order valence-corrected chi connectivity index (χ0v) is 5.96. The van der Waals surface area contributed by atoms with Crippen LogP contribution in [0.4, 0.5) is 0 Å². The standard InChI is InChI=1S/C6H15NO2/c1-3-4-5(8)6(9)7-2/h5-9H,3-4H2,1-2H3. The van der Waals surface area contributed by atoms with Gasteiger partial charge in [0.15, 0.2) is 0 Å². The Labute approximate surface area is 55.7 Å². The van der Waals surface area contributed by atoms with Crippen LogP contribution in [0.15, 0.2) is 0 Å². The van der Waals surface area contributed by atoms with Crippen LogP contribution in [0, 0.1) is 0 Å². The Balaban J connectivity index is 3.32. The highest BCUT2D eigenvalue weighted by Crippen LogP contribution is 1.98. The zero-order chi connectivity index (χ0) is 7.28. The van der Waals surface area contributed by atoms with E-state index in [-0.39, 0.29) is 0 Å². The van der Waals surface area contributed by atoms with Gasteiger partial charge in [-0.2, -0.15) is 0 Å². The second kappa shape index (κ2) is 4.73. The smallest absolute Gasteiger partial charge is 0.130 e. The molecule has 56 valence electrons. The van der Waals surface area contributed by atoms with Crippen molar-refractivity contribution in [3.63, 3.8) is 0 Å². The highest BCUT2D eigenvalue weighted by Gasteiger charge is 2.11. The van der Waals surface area contributed by atoms with Crippen molar-refractivity contribution >= 4 is 0 Å². The quantitative estimate of drug-likeness (QED) is 0.461. The molecule has 0 aliphatic heterocycles. The van der Waals surface area contributed by atoms with E-state index in [1.54, 1.807) is 7.05 Å². The lowest BCUT2D eigenvalue weighted by molar-refractivity contribution is -0.00153. The van der Waals surface area contributed by atoms with E-state index in [4.69, 9.17) is 10.2 Å². The lowest BCUT2D eigenvalue weighted by Crippen LogP contribution is -2.36. The number of nitrogens with one attached hydrogen (secondary N) is 1. The molecule has 0 saturated carbocycles. The van der Waals surface area contributed by atoms with Gasteiger partial charge in [-0.25, -0.2) is 0 Å². The Morgan fingerprint density at radius 2 is 2.00 bits per heavy atom. The van der Waals surface area contributed by atoms with Gasteiger partial charge in [-0.05, 0) is 13.5 Å². The molecular weight excluding hydrogens is 118 g/mol. The maximum absolute atomic E-state index is 9.01. The van der Waals surface area contributed by atoms with Crippen LogP contribution in [-0.4, -0.2) is 29.6 Å². The van der Waals surface area contributed by atoms with E-state index in [2.05, 4.69) is 5.32 Å². The predicted octanol–water partition coefficient (Wildman–Crippen LogP) is -0.315. The normalized spacial score (nSPS) is 17.3. The van der Waals surface area contributed by atoms with Crippen LogP contribution < -0.4 is 5.32 Å². The summed E-state index contributed by atoms with van der Waals surface area (Å²) in [5, 5.41) is 20.5. The summed E-state index contributed by atoms with van der Waals surface area (Å²) in [7, 11) is 1.61. The summed E-state index contributed by atoms with van der Waals surface area (Å²) >= 11 is 0. The Bertz CT molecular complexity index is 68.1. The molecule has 9 heavy (non-hydrogen) atoms. The summed E-state index contributed by atoms with van der Waals surface area (Å²) in [6.07, 6.45) is 0.131. The fourth-order valence-electron chi connectivity index (χ4n) is 0.646. The van der Waals surface area contributed by atoms with Crippen molar-refractivity contribution in [3.8, 4) is 0 Å². The number of aliphatic hydroxyl groups is 2. The van der Waals surface area contributed by atoms with Gasteiger partial charge in [-0.1, -0.05) is 13.3 Å². The molecule has 0 aliphatic carbocycles. The van der Waals surface area contributed by atoms with Gasteiger partial charge < -0.3 is 10.2 Å². The first-order valence-corrected chi connectivity index (χ1v) is 3.25. The third-order valence-corrected chi connectivity index (χ3v) is 1.24. The van der Waals surface area contributed by atoms with Crippen LogP contribution in [0.25, 0.3) is 0 Å². The highest BCUT2D eigenvalue weighted by atomic mass is 16.3. The third-order valence-electron chi connectivity index (χ3n) is 1.24. The highest BCUT2D eigenvalue weighted by molar-refractivity contribution is 4.60. The second-order valence-electron chi connectivity index (χ2n) is 2.09. The molecule has 0 aromatic carbocycles. The second-order valence-corrected chi connectivity index (χ2v) is 2.09. The minimum Gasteiger partial charge on any atom is -0.389 e. The monoisotopic (exact) mass is 133 g/mol. The molecule has 0 fully saturated rings. The largest absolute Gasteiger partial charge is 0.389 e. The van der Waals surface area contributed by atoms with E-state index in [1.165, 1.54) is 0 Å². The number of likely N-dealkylation sites (N-methyl/N-ethyl adjacent to an activating group) is 1. The van der Waals surface area contributed by atoms with E-state index < -0.39 is 12.3 Å². The summed E-state index contributed by atoms with van der Waals surface area (Å²) in [5.74, 6) is 0. The van der Waals surface area contributed by atoms with Gasteiger partial charge in [-0.3, -0.25) is 5.32 Å². The van der Waals surface area contributed by atoms with E-state index in [0.29, 0.717) is 6.42 Å². The van der Waals surface area contributed by atoms with Crippen LogP contribution in [0.3, 0.4) is 0 Å². The molecule has 3 N–H and O–H groups in total. The van der Waals surface area contributed by atoms with Crippen molar-refractivity contribution < 1.29 is 10.2 Å². The zero-order valence-electron chi connectivity index (χ0n) is 5.96. The first kappa shape index (κ1) is 8.88. The van der Waals surface area contributed by atoms with Crippen molar-refractivity contribution in [2.24, 2.45) is 0 Å². The Kier molecular flexibility index (Phi) is 4.67. The summed E-state index contributed by atoms with van der Waals surface area (Å²) in [6, 6.07) is 0. The van der Waals surface area contributed by atoms with Crippen molar-refractivity contribution in [2.45, 2.75) is 32.1 Å². The molecule has 0 saturated heterocycles. The lowest BCUT2D eigenvalue weighted by Gasteiger charge is -2.15. The molecular formula is C6H15NO2. The van der Waals surface area contributed by atoms with Gasteiger partial charge in [0.05, 0.1) is 6.10 Å². The van der Waals surface area contributed by atoms with Crippen LogP contribution in [0.5, 0.6) is 0 Å². The Morgan fingerprint density at radius 1 is 1.44 bits per heavy atom. The van der Waals surface area contributed by atoms with Crippen LogP contribution in [-0.2, 0) is 0 Å². The molecule has 0 aliphatic rings. The van der Waals surface area contributed by atoms with Crippen LogP contribution in [0.2, 0.25) is 0 Å². The Morgan fingerprint density at radius 3 is 2.33 bits per heavy atom. The van der Waals surface area contributed by atoms with Crippen molar-refractivity contribution in [2.75, 3.05) is 7.05 Å². The van der Waals surface area contributed by atoms with Gasteiger partial charge in [0.2, 0.25) is 0 Å². The maximum atomic E-state index is 9.01. The average Bonchev–Trinajstić information content (AvgIpc) is 1.87. The van der Waals surface area contributed by atoms with Crippen molar-refractivity contribution in [1.82, 2.24) is 5.32 Å². The van der Waals surface area contributed by atoms with Crippen molar-refractivity contribution in [3.05, 3.63) is 0 Å². The van der Waals surface area contributed by atoms with Gasteiger partial charge >= 0.3 is 0 Å². The van der Waals surface area contributed by atoms with Crippen LogP contribution in [0.1, 0.15) is 19.8 Å². The topological polar surface area (TPSA) is 52.5 Å². The van der Waals surface area contributed by atoms with Gasteiger partial charge in [0.1, 0.15) is 6.23 Å². The molecule has 2 atom stereocenters. The number of hydrogen-bond acceptors (Lipinski definition) is 3. The molecule has 0 spiro atoms. The fourth-order valence-corrected chi connectivity index (χ4v) is 0.646. The number of hydrogen-bond donors (Lipinski definition) is 3. The molecule has 0 radical (unpaired) electrons. The molecule has 0 amide bonds. The number of rotatable bonds is 4. The van der Waals surface area contributed by atoms with Gasteiger partial charge in [0.25, 0.3) is 0 Å². The van der Waals surface area contributed by atoms with E-state index in [0.717, 1.165) is 6.42 Å². The summed E-state index contributed by atoms with van der Waals surface area (Å²) in [4.78, 5) is 0. The summed E-state index contributed by atoms with van der Waals surface area (Å²) < 4.78 is 0. The van der Waals surface area contributed by atoms with Gasteiger partial charge in [-0.15, -0.1) is 0 Å². The van der Waals surface area contributed by atoms with Gasteiger partial charge in [0, 0.05) is 0 Å². The minimum absolute atomic E-state index is 0.625. The van der Waals surface area contributed by atoms with E-state index in [9.17, 15) is 0 Å². The lowest BCUT2D eigenvalue weighted by atomic mass is 10.2. The molecule has 0 bridgehead atoms. The molecule has 3 nitrogen and oxygen atoms in total. The fraction of sp³-hybridized carbons (Fsp3) is 1.00. The summed E-state index contributed by atoms with van der Waals surface area (Å²) in [6.45, 7) is 1.96. The average molecular weight is 133 g/mol. The molecule has 0 heterocycles. The number of aliphatic hydroxyl groups excluding tert-OH is 2. The molecule has 0 aromatic heterocycles. The SMILES string of the molecule is CCCC(O)C(O)NC. The molecule has 0 rings (SSSR count). The van der Waals surface area contributed by atoms with E-state index >= 15 is 0 Å². The summed E-state index contributed by atoms with van der Waals surface area (Å²) in [5.41, 5.74) is 0. The first-order chi connectivity index (χ1) is 4.22. The predicted molar refractivity (Wildman–Crippen MR) is 36.0 cm³/mol. The first-order valence-electron chi connectivity index (χ1n) is 3.25. The van der Waals surface area contributed by atoms with Crippen LogP contribution >= 0.6 is 0 Å². The molecule has 3 heteroatoms.